The zero-order chi connectivity index (χ0) is 25.3. The van der Waals surface area contributed by atoms with E-state index in [-0.39, 0.29) is 32.7 Å². The van der Waals surface area contributed by atoms with Gasteiger partial charge in [-0.25, -0.2) is 22.8 Å². The highest BCUT2D eigenvalue weighted by Gasteiger charge is 2.25. The number of nitrogen functional groups attached to an aromatic ring is 1. The standard InChI is InChI=1S/C22H20Cl2FN5O4S/c1-34-6-5-30-9-15(18-21(26)27-11-28-22(18)30)14-3-2-4-16(20(14)25)29-35(32,33)17-8-13(23)7-12(10-31)19(17)24/h2-4,7-9,11,29,31H,5-6,10H2,1H3,(H2,26,27,28). The first kappa shape index (κ1) is 25.1. The van der Waals surface area contributed by atoms with Crippen molar-refractivity contribution in [1.29, 1.82) is 0 Å². The third kappa shape index (κ3) is 4.78. The van der Waals surface area contributed by atoms with Crippen LogP contribution in [0, 0.1) is 5.82 Å². The van der Waals surface area contributed by atoms with Crippen LogP contribution < -0.4 is 10.5 Å². The normalized spacial score (nSPS) is 11.8. The molecule has 4 aromatic rings. The minimum Gasteiger partial charge on any atom is -0.392 e. The van der Waals surface area contributed by atoms with Gasteiger partial charge in [0.15, 0.2) is 5.82 Å². The van der Waals surface area contributed by atoms with Gasteiger partial charge in [-0.15, -0.1) is 0 Å². The average molecular weight is 540 g/mol. The van der Waals surface area contributed by atoms with E-state index >= 15 is 4.39 Å². The lowest BCUT2D eigenvalue weighted by Gasteiger charge is -2.14. The number of hydrogen-bond donors (Lipinski definition) is 3. The number of aromatic nitrogens is 3. The first-order valence-corrected chi connectivity index (χ1v) is 12.4. The molecule has 9 nitrogen and oxygen atoms in total. The van der Waals surface area contributed by atoms with Gasteiger partial charge < -0.3 is 20.1 Å². The van der Waals surface area contributed by atoms with Crippen LogP contribution in [-0.2, 0) is 27.9 Å². The molecule has 0 aliphatic rings. The number of rotatable bonds is 8. The second-order valence-corrected chi connectivity index (χ2v) is 9.96. The maximum atomic E-state index is 15.7. The summed E-state index contributed by atoms with van der Waals surface area (Å²) in [6.45, 7) is 0.284. The quantitative estimate of drug-likeness (QED) is 0.307. The van der Waals surface area contributed by atoms with Crippen LogP contribution >= 0.6 is 23.2 Å². The zero-order valence-corrected chi connectivity index (χ0v) is 20.6. The Morgan fingerprint density at radius 2 is 2.00 bits per heavy atom. The van der Waals surface area contributed by atoms with E-state index in [9.17, 15) is 13.5 Å². The second kappa shape index (κ2) is 9.96. The predicted octanol–water partition coefficient (Wildman–Crippen LogP) is 4.07. The van der Waals surface area contributed by atoms with Crippen LogP contribution in [0.25, 0.3) is 22.2 Å². The fourth-order valence-electron chi connectivity index (χ4n) is 3.66. The molecule has 184 valence electrons. The van der Waals surface area contributed by atoms with Crippen molar-refractivity contribution in [2.75, 3.05) is 24.2 Å². The van der Waals surface area contributed by atoms with Crippen LogP contribution in [-0.4, -0.2) is 41.8 Å². The van der Waals surface area contributed by atoms with Gasteiger partial charge in [0.25, 0.3) is 10.0 Å². The van der Waals surface area contributed by atoms with E-state index in [1.807, 2.05) is 0 Å². The minimum atomic E-state index is -4.37. The number of sulfonamides is 1. The lowest BCUT2D eigenvalue weighted by Crippen LogP contribution is -2.15. The number of nitrogens with two attached hydrogens (primary N) is 1. The number of nitrogens with one attached hydrogen (secondary N) is 1. The molecule has 0 bridgehead atoms. The van der Waals surface area contributed by atoms with Gasteiger partial charge >= 0.3 is 0 Å². The van der Waals surface area contributed by atoms with E-state index < -0.39 is 27.3 Å². The topological polar surface area (TPSA) is 132 Å². The van der Waals surface area contributed by atoms with Crippen LogP contribution in [0.15, 0.2) is 47.8 Å². The highest BCUT2D eigenvalue weighted by Crippen LogP contribution is 2.37. The van der Waals surface area contributed by atoms with Crippen molar-refractivity contribution < 1.29 is 22.7 Å². The maximum absolute atomic E-state index is 15.7. The number of anilines is 2. The molecule has 0 spiro atoms. The number of aliphatic hydroxyl groups is 1. The molecule has 0 amide bonds. The highest BCUT2D eigenvalue weighted by atomic mass is 35.5. The zero-order valence-electron chi connectivity index (χ0n) is 18.3. The SMILES string of the molecule is COCCn1cc(-c2cccc(NS(=O)(=O)c3cc(Cl)cc(CO)c3Cl)c2F)c2c(N)ncnc21. The molecular weight excluding hydrogens is 520 g/mol. The van der Waals surface area contributed by atoms with Gasteiger partial charge in [0, 0.05) is 36.0 Å². The molecule has 2 aromatic carbocycles. The van der Waals surface area contributed by atoms with Crippen molar-refractivity contribution in [1.82, 2.24) is 14.5 Å². The number of nitrogens with zero attached hydrogens (tertiary/aromatic N) is 3. The minimum absolute atomic E-state index is 0.0485. The molecule has 35 heavy (non-hydrogen) atoms. The molecule has 0 saturated heterocycles. The van der Waals surface area contributed by atoms with Gasteiger partial charge in [-0.3, -0.25) is 4.72 Å². The number of halogens is 3. The fourth-order valence-corrected chi connectivity index (χ4v) is 5.64. The van der Waals surface area contributed by atoms with Crippen LogP contribution in [0.5, 0.6) is 0 Å². The van der Waals surface area contributed by atoms with Crippen LogP contribution in [0.4, 0.5) is 15.9 Å². The van der Waals surface area contributed by atoms with Gasteiger partial charge in [0.05, 0.1) is 29.3 Å². The Balaban J connectivity index is 1.81. The molecule has 2 aromatic heterocycles. The third-order valence-corrected chi connectivity index (χ3v) is 7.46. The molecule has 0 saturated carbocycles. The summed E-state index contributed by atoms with van der Waals surface area (Å²) in [6, 6.07) is 6.72. The lowest BCUT2D eigenvalue weighted by molar-refractivity contribution is 0.188. The number of ether oxygens (including phenoxy) is 1. The fraction of sp³-hybridized carbons (Fsp3) is 0.182. The molecule has 2 heterocycles. The second-order valence-electron chi connectivity index (χ2n) is 7.49. The molecule has 0 fully saturated rings. The summed E-state index contributed by atoms with van der Waals surface area (Å²) in [6.07, 6.45) is 2.97. The van der Waals surface area contributed by atoms with Gasteiger partial charge in [-0.1, -0.05) is 35.3 Å². The molecule has 4 rings (SSSR count). The Hall–Kier alpha value is -2.96. The smallest absolute Gasteiger partial charge is 0.263 e. The van der Waals surface area contributed by atoms with Crippen molar-refractivity contribution in [2.24, 2.45) is 0 Å². The molecule has 4 N–H and O–H groups in total. The highest BCUT2D eigenvalue weighted by molar-refractivity contribution is 7.92. The van der Waals surface area contributed by atoms with Crippen molar-refractivity contribution in [2.45, 2.75) is 18.0 Å². The largest absolute Gasteiger partial charge is 0.392 e. The molecule has 13 heteroatoms. The maximum Gasteiger partial charge on any atom is 0.263 e. The third-order valence-electron chi connectivity index (χ3n) is 5.29. The van der Waals surface area contributed by atoms with E-state index in [1.165, 1.54) is 30.6 Å². The number of fused-ring (bicyclic) bond motifs is 1. The van der Waals surface area contributed by atoms with E-state index in [4.69, 9.17) is 33.7 Å². The lowest BCUT2D eigenvalue weighted by atomic mass is 10.0. The summed E-state index contributed by atoms with van der Waals surface area (Å²) in [4.78, 5) is 7.88. The summed E-state index contributed by atoms with van der Waals surface area (Å²) >= 11 is 12.1. The Morgan fingerprint density at radius 3 is 2.71 bits per heavy atom. The summed E-state index contributed by atoms with van der Waals surface area (Å²) < 4.78 is 51.0. The molecular formula is C22H20Cl2FN5O4S. The summed E-state index contributed by atoms with van der Waals surface area (Å²) in [5.41, 5.74) is 6.83. The first-order valence-electron chi connectivity index (χ1n) is 10.2. The van der Waals surface area contributed by atoms with Crippen molar-refractivity contribution in [3.63, 3.8) is 0 Å². The average Bonchev–Trinajstić information content (AvgIpc) is 3.19. The van der Waals surface area contributed by atoms with Gasteiger partial charge in [0.1, 0.15) is 22.7 Å². The number of benzene rings is 2. The van der Waals surface area contributed by atoms with Gasteiger partial charge in [-0.2, -0.15) is 0 Å². The Kier molecular flexibility index (Phi) is 7.15. The number of aliphatic hydroxyl groups excluding tert-OH is 1. The molecule has 0 aliphatic carbocycles. The number of hydrogen-bond acceptors (Lipinski definition) is 7. The summed E-state index contributed by atoms with van der Waals surface area (Å²) in [5.74, 6) is -0.695. The molecule has 0 radical (unpaired) electrons. The molecule has 0 atom stereocenters. The van der Waals surface area contributed by atoms with Gasteiger partial charge in [-0.05, 0) is 23.8 Å². The predicted molar refractivity (Wildman–Crippen MR) is 132 cm³/mol. The Labute approximate surface area is 210 Å². The van der Waals surface area contributed by atoms with Crippen molar-refractivity contribution in [3.05, 3.63) is 64.3 Å². The Morgan fingerprint density at radius 1 is 1.23 bits per heavy atom. The monoisotopic (exact) mass is 539 g/mol. The van der Waals surface area contributed by atoms with Crippen molar-refractivity contribution >= 4 is 55.8 Å². The van der Waals surface area contributed by atoms with E-state index in [0.717, 1.165) is 6.07 Å². The molecule has 0 unspecified atom stereocenters. The van der Waals surface area contributed by atoms with E-state index in [1.54, 1.807) is 17.9 Å². The van der Waals surface area contributed by atoms with Crippen LogP contribution in [0.1, 0.15) is 5.56 Å². The van der Waals surface area contributed by atoms with Crippen LogP contribution in [0.3, 0.4) is 0 Å². The van der Waals surface area contributed by atoms with Crippen LogP contribution in [0.2, 0.25) is 10.0 Å². The van der Waals surface area contributed by atoms with E-state index in [0.29, 0.717) is 29.7 Å². The first-order chi connectivity index (χ1) is 16.7. The Bertz CT molecular complexity index is 1530. The summed E-state index contributed by atoms with van der Waals surface area (Å²) in [7, 11) is -2.81. The van der Waals surface area contributed by atoms with E-state index in [2.05, 4.69) is 14.7 Å². The van der Waals surface area contributed by atoms with Crippen molar-refractivity contribution in [3.8, 4) is 11.1 Å². The number of methoxy groups -OCH3 is 1. The molecule has 0 aliphatic heterocycles. The summed E-state index contributed by atoms with van der Waals surface area (Å²) in [5, 5.41) is 9.70. The van der Waals surface area contributed by atoms with Gasteiger partial charge in [0.2, 0.25) is 0 Å².